The molecular weight excluding hydrogens is 362 g/mol. The molecule has 2 aromatic rings. The van der Waals surface area contributed by atoms with Crippen LogP contribution in [0.4, 0.5) is 0 Å². The van der Waals surface area contributed by atoms with Crippen LogP contribution in [0.2, 0.25) is 5.02 Å². The van der Waals surface area contributed by atoms with Gasteiger partial charge in [0.1, 0.15) is 0 Å². The summed E-state index contributed by atoms with van der Waals surface area (Å²) in [6, 6.07) is 17.4. The van der Waals surface area contributed by atoms with Gasteiger partial charge in [-0.3, -0.25) is 9.59 Å². The minimum atomic E-state index is -0.607. The van der Waals surface area contributed by atoms with Gasteiger partial charge in [-0.05, 0) is 55.9 Å². The van der Waals surface area contributed by atoms with Crippen LogP contribution in [-0.2, 0) is 26.2 Å². The lowest BCUT2D eigenvalue weighted by atomic mass is 9.96. The van der Waals surface area contributed by atoms with Gasteiger partial charge >= 0.3 is 5.97 Å². The van der Waals surface area contributed by atoms with Crippen LogP contribution in [0.25, 0.3) is 0 Å². The number of hydrogen-bond donors (Lipinski definition) is 1. The van der Waals surface area contributed by atoms with Gasteiger partial charge in [0, 0.05) is 11.1 Å². The van der Waals surface area contributed by atoms with E-state index >= 15 is 0 Å². The summed E-state index contributed by atoms with van der Waals surface area (Å²) in [5.41, 5.74) is 1.53. The molecule has 1 amide bonds. The third kappa shape index (κ3) is 5.10. The van der Waals surface area contributed by atoms with Crippen LogP contribution in [0.1, 0.15) is 37.3 Å². The molecule has 1 fully saturated rings. The van der Waals surface area contributed by atoms with E-state index in [1.54, 1.807) is 12.1 Å². The van der Waals surface area contributed by atoms with Gasteiger partial charge in [0.15, 0.2) is 6.61 Å². The van der Waals surface area contributed by atoms with Gasteiger partial charge in [0.2, 0.25) is 0 Å². The topological polar surface area (TPSA) is 55.4 Å². The average Bonchev–Trinajstić information content (AvgIpc) is 3.48. The molecule has 0 saturated heterocycles. The Morgan fingerprint density at radius 1 is 1.11 bits per heavy atom. The molecule has 1 atom stereocenters. The fourth-order valence-corrected chi connectivity index (χ4v) is 3.32. The first-order chi connectivity index (χ1) is 13.0. The normalized spacial score (nSPS) is 15.6. The molecule has 5 heteroatoms. The van der Waals surface area contributed by atoms with Crippen molar-refractivity contribution in [3.63, 3.8) is 0 Å². The summed E-state index contributed by atoms with van der Waals surface area (Å²) in [5, 5.41) is 3.52. The van der Waals surface area contributed by atoms with Gasteiger partial charge in [0.25, 0.3) is 5.91 Å². The molecule has 1 saturated carbocycles. The highest BCUT2D eigenvalue weighted by molar-refractivity contribution is 6.30. The zero-order chi connectivity index (χ0) is 19.3. The molecule has 4 nitrogen and oxygen atoms in total. The van der Waals surface area contributed by atoms with E-state index in [-0.39, 0.29) is 24.5 Å². The predicted molar refractivity (Wildman–Crippen MR) is 106 cm³/mol. The van der Waals surface area contributed by atoms with Crippen molar-refractivity contribution in [3.8, 4) is 0 Å². The Hall–Kier alpha value is -2.33. The number of carbonyl (C=O) groups is 2. The van der Waals surface area contributed by atoms with E-state index in [9.17, 15) is 9.59 Å². The molecule has 0 heterocycles. The Kier molecular flexibility index (Phi) is 6.17. The maximum Gasteiger partial charge on any atom is 0.317 e. The summed E-state index contributed by atoms with van der Waals surface area (Å²) in [6.07, 6.45) is 3.20. The highest BCUT2D eigenvalue weighted by Crippen LogP contribution is 2.49. The van der Waals surface area contributed by atoms with E-state index in [0.29, 0.717) is 5.02 Å². The van der Waals surface area contributed by atoms with Crippen LogP contribution in [0.3, 0.4) is 0 Å². The third-order valence-corrected chi connectivity index (χ3v) is 5.24. The van der Waals surface area contributed by atoms with Crippen molar-refractivity contribution in [1.82, 2.24) is 5.32 Å². The molecule has 27 heavy (non-hydrogen) atoms. The molecule has 3 rings (SSSR count). The van der Waals surface area contributed by atoms with Crippen molar-refractivity contribution in [2.45, 2.75) is 44.1 Å². The quantitative estimate of drug-likeness (QED) is 0.697. The number of hydrogen-bond acceptors (Lipinski definition) is 3. The highest BCUT2D eigenvalue weighted by atomic mass is 35.5. The van der Waals surface area contributed by atoms with Gasteiger partial charge < -0.3 is 10.1 Å². The van der Waals surface area contributed by atoms with Crippen LogP contribution in [0.15, 0.2) is 54.6 Å². The van der Waals surface area contributed by atoms with Gasteiger partial charge in [-0.1, -0.05) is 54.1 Å². The Morgan fingerprint density at radius 3 is 2.41 bits per heavy atom. The largest absolute Gasteiger partial charge is 0.455 e. The third-order valence-electron chi connectivity index (χ3n) is 4.99. The Bertz CT molecular complexity index is 785. The molecule has 2 aromatic carbocycles. The molecule has 0 bridgehead atoms. The van der Waals surface area contributed by atoms with Crippen LogP contribution >= 0.6 is 11.6 Å². The molecule has 1 aliphatic carbocycles. The van der Waals surface area contributed by atoms with Crippen LogP contribution in [-0.4, -0.2) is 24.5 Å². The molecule has 0 aliphatic heterocycles. The maximum absolute atomic E-state index is 12.5. The van der Waals surface area contributed by atoms with Crippen molar-refractivity contribution in [3.05, 3.63) is 70.7 Å². The molecule has 0 aromatic heterocycles. The minimum Gasteiger partial charge on any atom is -0.455 e. The van der Waals surface area contributed by atoms with E-state index in [0.717, 1.165) is 31.2 Å². The number of amides is 1. The molecule has 0 spiro atoms. The van der Waals surface area contributed by atoms with Gasteiger partial charge in [-0.25, -0.2) is 0 Å². The smallest absolute Gasteiger partial charge is 0.317 e. The first kappa shape index (κ1) is 19.4. The summed E-state index contributed by atoms with van der Waals surface area (Å²) < 4.78 is 5.30. The molecule has 1 N–H and O–H groups in total. The van der Waals surface area contributed by atoms with Crippen LogP contribution < -0.4 is 5.32 Å². The number of halogens is 1. The van der Waals surface area contributed by atoms with E-state index < -0.39 is 5.41 Å². The highest BCUT2D eigenvalue weighted by Gasteiger charge is 2.52. The minimum absolute atomic E-state index is 0.0163. The van der Waals surface area contributed by atoms with Crippen LogP contribution in [0.5, 0.6) is 0 Å². The molecule has 0 radical (unpaired) electrons. The summed E-state index contributed by atoms with van der Waals surface area (Å²) in [5.74, 6) is -0.604. The standard InChI is InChI=1S/C22H24ClNO3/c1-16(7-8-17-5-3-2-4-6-17)24-20(25)15-27-21(26)22(13-14-22)18-9-11-19(23)12-10-18/h2-6,9-12,16H,7-8,13-15H2,1H3,(H,24,25)/t16-/m1/s1. The second-order valence-corrected chi connectivity index (χ2v) is 7.59. The number of benzene rings is 2. The summed E-state index contributed by atoms with van der Waals surface area (Å²) >= 11 is 5.91. The second-order valence-electron chi connectivity index (χ2n) is 7.16. The van der Waals surface area contributed by atoms with Crippen molar-refractivity contribution >= 4 is 23.5 Å². The predicted octanol–water partition coefficient (Wildman–Crippen LogP) is 4.05. The Labute approximate surface area is 164 Å². The first-order valence-corrected chi connectivity index (χ1v) is 9.64. The van der Waals surface area contributed by atoms with E-state index in [2.05, 4.69) is 17.4 Å². The summed E-state index contributed by atoms with van der Waals surface area (Å²) in [7, 11) is 0. The SMILES string of the molecule is C[C@H](CCc1ccccc1)NC(=O)COC(=O)C1(c2ccc(Cl)cc2)CC1. The van der Waals surface area contributed by atoms with E-state index in [1.165, 1.54) is 5.56 Å². The zero-order valence-corrected chi connectivity index (χ0v) is 16.2. The first-order valence-electron chi connectivity index (χ1n) is 9.26. The lowest BCUT2D eigenvalue weighted by Crippen LogP contribution is -2.37. The Morgan fingerprint density at radius 2 is 1.78 bits per heavy atom. The van der Waals surface area contributed by atoms with Crippen molar-refractivity contribution < 1.29 is 14.3 Å². The van der Waals surface area contributed by atoms with Crippen LogP contribution in [0, 0.1) is 0 Å². The van der Waals surface area contributed by atoms with Gasteiger partial charge in [-0.2, -0.15) is 0 Å². The zero-order valence-electron chi connectivity index (χ0n) is 15.4. The van der Waals surface area contributed by atoms with E-state index in [4.69, 9.17) is 16.3 Å². The van der Waals surface area contributed by atoms with Crippen molar-refractivity contribution in [2.75, 3.05) is 6.61 Å². The fraction of sp³-hybridized carbons (Fsp3) is 0.364. The lowest BCUT2D eigenvalue weighted by molar-refractivity contribution is -0.151. The van der Waals surface area contributed by atoms with E-state index in [1.807, 2.05) is 37.3 Å². The van der Waals surface area contributed by atoms with Crippen molar-refractivity contribution in [1.29, 1.82) is 0 Å². The van der Waals surface area contributed by atoms with Crippen molar-refractivity contribution in [2.24, 2.45) is 0 Å². The maximum atomic E-state index is 12.5. The summed E-state index contributed by atoms with van der Waals surface area (Å²) in [4.78, 5) is 24.6. The number of carbonyl (C=O) groups excluding carboxylic acids is 2. The van der Waals surface area contributed by atoms with Gasteiger partial charge in [-0.15, -0.1) is 0 Å². The lowest BCUT2D eigenvalue weighted by Gasteiger charge is -2.17. The molecule has 0 unspecified atom stereocenters. The fourth-order valence-electron chi connectivity index (χ4n) is 3.19. The number of nitrogens with one attached hydrogen (secondary N) is 1. The molecule has 1 aliphatic rings. The monoisotopic (exact) mass is 385 g/mol. The number of aryl methyl sites for hydroxylation is 1. The number of rotatable bonds is 8. The number of ether oxygens (including phenoxy) is 1. The summed E-state index contributed by atoms with van der Waals surface area (Å²) in [6.45, 7) is 1.71. The number of esters is 1. The average molecular weight is 386 g/mol. The Balaban J connectivity index is 1.43. The molecular formula is C22H24ClNO3. The van der Waals surface area contributed by atoms with Gasteiger partial charge in [0.05, 0.1) is 5.41 Å². The second kappa shape index (κ2) is 8.57. The molecule has 142 valence electrons.